The third kappa shape index (κ3) is 3.17. The first-order valence-electron chi connectivity index (χ1n) is 9.90. The van der Waals surface area contributed by atoms with Crippen LogP contribution in [0.1, 0.15) is 32.1 Å². The lowest BCUT2D eigenvalue weighted by molar-refractivity contribution is -0.661. The highest BCUT2D eigenvalue weighted by molar-refractivity contribution is 5.82. The van der Waals surface area contributed by atoms with Gasteiger partial charge in [0.2, 0.25) is 5.82 Å². The van der Waals surface area contributed by atoms with Crippen LogP contribution in [-0.2, 0) is 6.54 Å². The maximum absolute atomic E-state index is 13.4. The lowest BCUT2D eigenvalue weighted by atomic mass is 9.97. The van der Waals surface area contributed by atoms with Crippen LogP contribution in [-0.4, -0.2) is 15.0 Å². The van der Waals surface area contributed by atoms with Crippen molar-refractivity contribution in [1.29, 1.82) is 0 Å². The molecule has 0 amide bonds. The second kappa shape index (κ2) is 7.15. The lowest BCUT2D eigenvalue weighted by Gasteiger charge is -2.12. The van der Waals surface area contributed by atoms with Crippen molar-refractivity contribution in [2.75, 3.05) is 0 Å². The molecule has 5 heteroatoms. The molecule has 28 heavy (non-hydrogen) atoms. The van der Waals surface area contributed by atoms with Gasteiger partial charge in [0.25, 0.3) is 5.65 Å². The third-order valence-corrected chi connectivity index (χ3v) is 5.47. The van der Waals surface area contributed by atoms with Gasteiger partial charge in [-0.05, 0) is 68.5 Å². The molecule has 0 saturated carbocycles. The number of imidazole rings is 1. The van der Waals surface area contributed by atoms with Gasteiger partial charge in [-0.1, -0.05) is 28.8 Å². The molecule has 0 spiro atoms. The number of nitrogens with zero attached hydrogens (tertiary/aromatic N) is 3. The fourth-order valence-electron chi connectivity index (χ4n) is 3.99. The topological polar surface area (TPSA) is 45.5 Å². The molecule has 2 heterocycles. The number of nitrogens with one attached hydrogen (secondary N) is 1. The minimum Gasteiger partial charge on any atom is -0.251 e. The van der Waals surface area contributed by atoms with Gasteiger partial charge in [-0.3, -0.25) is 4.98 Å². The molecule has 0 aliphatic heterocycles. The molecule has 4 nitrogen and oxygen atoms in total. The van der Waals surface area contributed by atoms with Crippen molar-refractivity contribution in [1.82, 2.24) is 15.0 Å². The second-order valence-electron chi connectivity index (χ2n) is 7.37. The van der Waals surface area contributed by atoms with Gasteiger partial charge in [0, 0.05) is 5.56 Å². The van der Waals surface area contributed by atoms with E-state index in [2.05, 4.69) is 15.6 Å². The van der Waals surface area contributed by atoms with E-state index in [1.54, 1.807) is 12.1 Å². The maximum atomic E-state index is 13.4. The summed E-state index contributed by atoms with van der Waals surface area (Å²) in [6.07, 6.45) is 8.33. The highest BCUT2D eigenvalue weighted by Gasteiger charge is 2.23. The zero-order valence-corrected chi connectivity index (χ0v) is 15.7. The van der Waals surface area contributed by atoms with E-state index in [1.807, 2.05) is 24.3 Å². The number of halogens is 1. The molecule has 1 aliphatic rings. The molecule has 0 atom stereocenters. The summed E-state index contributed by atoms with van der Waals surface area (Å²) in [7, 11) is 0. The number of aryl methyl sites for hydroxylation is 1. The van der Waals surface area contributed by atoms with Gasteiger partial charge in [-0.15, -0.1) is 0 Å². The van der Waals surface area contributed by atoms with E-state index >= 15 is 0 Å². The van der Waals surface area contributed by atoms with Gasteiger partial charge in [0.05, 0.1) is 6.54 Å². The zero-order valence-electron chi connectivity index (χ0n) is 15.7. The average Bonchev–Trinajstić information content (AvgIpc) is 3.09. The quantitative estimate of drug-likeness (QED) is 0.400. The normalized spacial score (nSPS) is 14.5. The summed E-state index contributed by atoms with van der Waals surface area (Å²) in [4.78, 5) is 13.1. The fourth-order valence-corrected chi connectivity index (χ4v) is 3.99. The van der Waals surface area contributed by atoms with Crippen LogP contribution in [0, 0.1) is 5.82 Å². The van der Waals surface area contributed by atoms with Gasteiger partial charge in [-0.2, -0.15) is 0 Å². The molecule has 1 aliphatic carbocycles. The maximum Gasteiger partial charge on any atom is 0.323 e. The summed E-state index contributed by atoms with van der Waals surface area (Å²) < 4.78 is 15.6. The van der Waals surface area contributed by atoms with E-state index in [0.717, 1.165) is 46.7 Å². The van der Waals surface area contributed by atoms with Crippen LogP contribution in [0.25, 0.3) is 33.7 Å². The van der Waals surface area contributed by atoms with Crippen LogP contribution in [0.15, 0.2) is 60.2 Å². The Balaban J connectivity index is 1.64. The van der Waals surface area contributed by atoms with E-state index in [0.29, 0.717) is 0 Å². The molecule has 0 radical (unpaired) electrons. The van der Waals surface area contributed by atoms with E-state index < -0.39 is 0 Å². The molecular formula is C23H22FN4+. The molecule has 0 unspecified atom stereocenters. The highest BCUT2D eigenvalue weighted by Crippen LogP contribution is 2.23. The molecule has 0 fully saturated rings. The van der Waals surface area contributed by atoms with Crippen LogP contribution in [0.5, 0.6) is 0 Å². The first-order valence-corrected chi connectivity index (χ1v) is 9.90. The molecule has 0 bridgehead atoms. The minimum atomic E-state index is -0.235. The number of rotatable bonds is 4. The molecule has 0 saturated heterocycles. The Labute approximate surface area is 162 Å². The van der Waals surface area contributed by atoms with Crippen molar-refractivity contribution in [2.45, 2.75) is 38.6 Å². The number of aromatic amines is 1. The highest BCUT2D eigenvalue weighted by atomic mass is 19.1. The molecule has 2 aromatic heterocycles. The number of hydrogen-bond donors (Lipinski definition) is 1. The van der Waals surface area contributed by atoms with Gasteiger partial charge in [-0.25, -0.2) is 13.9 Å². The van der Waals surface area contributed by atoms with Gasteiger partial charge in [0.15, 0.2) is 5.52 Å². The molecular weight excluding hydrogens is 351 g/mol. The Bertz CT molecular complexity index is 1170. The standard InChI is InChI=1S/C23H21FN4/c24-18-12-10-17(11-13-18)22-27-21-23(26-20-9-5-4-8-19(20)25-21)28(22)15-14-16-6-2-1-3-7-16/h4-6,8-13H,1-3,7,14-15H2/p+1. The predicted molar refractivity (Wildman–Crippen MR) is 108 cm³/mol. The number of hydrogen-bond acceptors (Lipinski definition) is 2. The van der Waals surface area contributed by atoms with E-state index in [1.165, 1.54) is 43.4 Å². The van der Waals surface area contributed by atoms with E-state index in [4.69, 9.17) is 9.97 Å². The van der Waals surface area contributed by atoms with Gasteiger partial charge < -0.3 is 0 Å². The van der Waals surface area contributed by atoms with Crippen molar-refractivity contribution >= 4 is 22.3 Å². The van der Waals surface area contributed by atoms with Crippen LogP contribution in [0.2, 0.25) is 0 Å². The molecule has 4 aromatic rings. The average molecular weight is 373 g/mol. The second-order valence-corrected chi connectivity index (χ2v) is 7.37. The monoisotopic (exact) mass is 373 g/mol. The predicted octanol–water partition coefficient (Wildman–Crippen LogP) is 5.10. The van der Waals surface area contributed by atoms with Crippen LogP contribution in [0.4, 0.5) is 4.39 Å². The van der Waals surface area contributed by atoms with Crippen LogP contribution >= 0.6 is 0 Å². The molecule has 140 valence electrons. The number of para-hydroxylation sites is 2. The Morgan fingerprint density at radius 1 is 0.964 bits per heavy atom. The summed E-state index contributed by atoms with van der Waals surface area (Å²) in [5.74, 6) is 0.683. The first-order chi connectivity index (χ1) is 13.8. The largest absolute Gasteiger partial charge is 0.323 e. The molecule has 1 N–H and O–H groups in total. The Morgan fingerprint density at radius 3 is 2.50 bits per heavy atom. The summed E-state index contributed by atoms with van der Waals surface area (Å²) in [5, 5.41) is 0. The van der Waals surface area contributed by atoms with Crippen molar-refractivity contribution in [3.63, 3.8) is 0 Å². The van der Waals surface area contributed by atoms with E-state index in [9.17, 15) is 4.39 Å². The molecule has 5 rings (SSSR count). The summed E-state index contributed by atoms with van der Waals surface area (Å²) in [5.41, 5.74) is 5.80. The summed E-state index contributed by atoms with van der Waals surface area (Å²) in [6, 6.07) is 14.5. The first kappa shape index (κ1) is 17.0. The Morgan fingerprint density at radius 2 is 1.75 bits per heavy atom. The molecule has 2 aromatic carbocycles. The number of benzene rings is 2. The number of aromatic nitrogens is 4. The number of H-pyrrole nitrogens is 1. The van der Waals surface area contributed by atoms with Gasteiger partial charge >= 0.3 is 5.65 Å². The van der Waals surface area contributed by atoms with Crippen molar-refractivity contribution in [3.05, 3.63) is 66.0 Å². The summed E-state index contributed by atoms with van der Waals surface area (Å²) in [6.45, 7) is 0.825. The van der Waals surface area contributed by atoms with Crippen molar-refractivity contribution < 1.29 is 8.96 Å². The lowest BCUT2D eigenvalue weighted by Crippen LogP contribution is -2.36. The summed E-state index contributed by atoms with van der Waals surface area (Å²) >= 11 is 0. The van der Waals surface area contributed by atoms with Crippen LogP contribution in [0.3, 0.4) is 0 Å². The number of allylic oxidation sites excluding steroid dienone is 2. The van der Waals surface area contributed by atoms with Crippen molar-refractivity contribution in [3.8, 4) is 11.4 Å². The fraction of sp³-hybridized carbons (Fsp3) is 0.261. The SMILES string of the molecule is Fc1ccc(-c2[nH]c3nc4ccccc4nc3[n+]2CCC2=CCCCC2)cc1. The van der Waals surface area contributed by atoms with Crippen molar-refractivity contribution in [2.24, 2.45) is 0 Å². The minimum absolute atomic E-state index is 0.235. The Hall–Kier alpha value is -3.08. The van der Waals surface area contributed by atoms with E-state index in [-0.39, 0.29) is 5.82 Å². The zero-order chi connectivity index (χ0) is 18.9. The van der Waals surface area contributed by atoms with Gasteiger partial charge in [0.1, 0.15) is 11.3 Å². The third-order valence-electron chi connectivity index (χ3n) is 5.47. The Kier molecular flexibility index (Phi) is 4.35. The van der Waals surface area contributed by atoms with Crippen LogP contribution < -0.4 is 4.57 Å². The smallest absolute Gasteiger partial charge is 0.251 e. The number of fused-ring (bicyclic) bond motifs is 2.